The van der Waals surface area contributed by atoms with Gasteiger partial charge in [0.25, 0.3) is 0 Å². The van der Waals surface area contributed by atoms with Crippen molar-refractivity contribution in [3.63, 3.8) is 0 Å². The van der Waals surface area contributed by atoms with E-state index in [1.807, 2.05) is 36.4 Å². The van der Waals surface area contributed by atoms with Gasteiger partial charge in [0, 0.05) is 41.5 Å². The molecule has 2 aromatic carbocycles. The van der Waals surface area contributed by atoms with Crippen LogP contribution in [-0.4, -0.2) is 47.3 Å². The first-order valence-electron chi connectivity index (χ1n) is 10.9. The number of hydrogen-bond donors (Lipinski definition) is 4. The molecule has 0 atom stereocenters. The SMILES string of the molecule is COCCNCc1ccc(C(=N)OC(=N)c2nc(-c3ccc(SC(C)C)cc3)cnc2N)cc1. The van der Waals surface area contributed by atoms with Gasteiger partial charge in [0.2, 0.25) is 11.8 Å². The van der Waals surface area contributed by atoms with Crippen molar-refractivity contribution in [2.45, 2.75) is 30.5 Å². The molecule has 5 N–H and O–H groups in total. The number of thioether (sulfide) groups is 1. The van der Waals surface area contributed by atoms with Gasteiger partial charge in [0.1, 0.15) is 0 Å². The van der Waals surface area contributed by atoms with E-state index >= 15 is 0 Å². The lowest BCUT2D eigenvalue weighted by Gasteiger charge is -2.11. The second-order valence-electron chi connectivity index (χ2n) is 7.81. The van der Waals surface area contributed by atoms with Crippen LogP contribution in [0.3, 0.4) is 0 Å². The second kappa shape index (κ2) is 12.3. The van der Waals surface area contributed by atoms with Crippen molar-refractivity contribution in [3.05, 3.63) is 71.5 Å². The Balaban J connectivity index is 1.67. The van der Waals surface area contributed by atoms with Gasteiger partial charge in [-0.15, -0.1) is 11.8 Å². The number of nitrogen functional groups attached to an aromatic ring is 1. The first-order valence-corrected chi connectivity index (χ1v) is 11.8. The zero-order valence-corrected chi connectivity index (χ0v) is 20.4. The standard InChI is InChI=1S/C25H30N6O2S/c1-16(2)34-20-10-8-18(9-11-20)21-15-30-23(26)22(31-21)25(28)33-24(27)19-6-4-17(5-7-19)14-29-12-13-32-3/h4-11,15-16,27-29H,12-14H2,1-3H3,(H2,26,30). The third kappa shape index (κ3) is 7.11. The van der Waals surface area contributed by atoms with E-state index in [1.54, 1.807) is 37.2 Å². The van der Waals surface area contributed by atoms with Crippen molar-refractivity contribution >= 4 is 29.4 Å². The number of rotatable bonds is 10. The molecule has 0 radical (unpaired) electrons. The highest BCUT2D eigenvalue weighted by Gasteiger charge is 2.16. The lowest BCUT2D eigenvalue weighted by atomic mass is 10.1. The molecular formula is C25H30N6O2S. The van der Waals surface area contributed by atoms with Gasteiger partial charge in [0.05, 0.1) is 18.5 Å². The van der Waals surface area contributed by atoms with E-state index in [4.69, 9.17) is 26.0 Å². The van der Waals surface area contributed by atoms with Crippen molar-refractivity contribution in [2.75, 3.05) is 26.0 Å². The summed E-state index contributed by atoms with van der Waals surface area (Å²) >= 11 is 1.78. The molecule has 1 aromatic heterocycles. The molecule has 0 unspecified atom stereocenters. The number of ether oxygens (including phenoxy) is 2. The van der Waals surface area contributed by atoms with Crippen LogP contribution in [0.1, 0.15) is 30.7 Å². The summed E-state index contributed by atoms with van der Waals surface area (Å²) in [5.41, 5.74) is 9.12. The highest BCUT2D eigenvalue weighted by molar-refractivity contribution is 7.99. The maximum Gasteiger partial charge on any atom is 0.243 e. The van der Waals surface area contributed by atoms with Crippen LogP contribution in [-0.2, 0) is 16.0 Å². The lowest BCUT2D eigenvalue weighted by Crippen LogP contribution is -2.19. The first-order chi connectivity index (χ1) is 16.4. The fraction of sp³-hybridized carbons (Fsp3) is 0.280. The minimum Gasteiger partial charge on any atom is -0.419 e. The number of methoxy groups -OCH3 is 1. The maximum absolute atomic E-state index is 8.32. The molecule has 0 aliphatic rings. The summed E-state index contributed by atoms with van der Waals surface area (Å²) in [5, 5.41) is 20.3. The van der Waals surface area contributed by atoms with E-state index in [1.165, 1.54) is 4.90 Å². The van der Waals surface area contributed by atoms with Crippen LogP contribution in [0.5, 0.6) is 0 Å². The van der Waals surface area contributed by atoms with Crippen LogP contribution < -0.4 is 11.1 Å². The molecule has 3 aromatic rings. The Bertz CT molecular complexity index is 1120. The summed E-state index contributed by atoms with van der Waals surface area (Å²) < 4.78 is 10.5. The molecule has 0 saturated heterocycles. The summed E-state index contributed by atoms with van der Waals surface area (Å²) in [5.74, 6) is -0.411. The van der Waals surface area contributed by atoms with E-state index in [2.05, 4.69) is 29.1 Å². The highest BCUT2D eigenvalue weighted by atomic mass is 32.2. The number of hydrogen-bond acceptors (Lipinski definition) is 9. The van der Waals surface area contributed by atoms with E-state index < -0.39 is 0 Å². The van der Waals surface area contributed by atoms with Crippen LogP contribution >= 0.6 is 11.8 Å². The van der Waals surface area contributed by atoms with Crippen molar-refractivity contribution in [1.82, 2.24) is 15.3 Å². The Morgan fingerprint density at radius 3 is 2.41 bits per heavy atom. The summed E-state index contributed by atoms with van der Waals surface area (Å²) in [7, 11) is 1.67. The van der Waals surface area contributed by atoms with E-state index in [9.17, 15) is 0 Å². The van der Waals surface area contributed by atoms with E-state index in [0.29, 0.717) is 29.7 Å². The monoisotopic (exact) mass is 478 g/mol. The number of benzene rings is 2. The first kappa shape index (κ1) is 25.4. The molecule has 9 heteroatoms. The Morgan fingerprint density at radius 1 is 1.06 bits per heavy atom. The average Bonchev–Trinajstić information content (AvgIpc) is 2.82. The third-order valence-corrected chi connectivity index (χ3v) is 5.79. The van der Waals surface area contributed by atoms with Gasteiger partial charge in [0.15, 0.2) is 11.5 Å². The number of aromatic nitrogens is 2. The zero-order valence-electron chi connectivity index (χ0n) is 19.6. The second-order valence-corrected chi connectivity index (χ2v) is 9.46. The summed E-state index contributed by atoms with van der Waals surface area (Å²) in [4.78, 5) is 9.84. The fourth-order valence-corrected chi connectivity index (χ4v) is 3.91. The smallest absolute Gasteiger partial charge is 0.243 e. The maximum atomic E-state index is 8.32. The number of nitrogens with one attached hydrogen (secondary N) is 3. The number of anilines is 1. The van der Waals surface area contributed by atoms with Gasteiger partial charge in [-0.05, 0) is 29.8 Å². The molecule has 0 aliphatic heterocycles. The Hall–Kier alpha value is -3.27. The molecule has 0 bridgehead atoms. The van der Waals surface area contributed by atoms with Crippen molar-refractivity contribution in [3.8, 4) is 11.3 Å². The van der Waals surface area contributed by atoms with Crippen LogP contribution in [0, 0.1) is 10.8 Å². The van der Waals surface area contributed by atoms with Crippen LogP contribution in [0.25, 0.3) is 11.3 Å². The molecule has 8 nitrogen and oxygen atoms in total. The summed E-state index contributed by atoms with van der Waals surface area (Å²) in [6.07, 6.45) is 1.57. The normalized spacial score (nSPS) is 10.9. The van der Waals surface area contributed by atoms with Crippen molar-refractivity contribution in [1.29, 1.82) is 10.8 Å². The quantitative estimate of drug-likeness (QED) is 0.148. The largest absolute Gasteiger partial charge is 0.419 e. The molecule has 0 amide bonds. The van der Waals surface area contributed by atoms with Gasteiger partial charge < -0.3 is 20.5 Å². The molecule has 178 valence electrons. The number of nitrogens with zero attached hydrogens (tertiary/aromatic N) is 2. The predicted molar refractivity (Wildman–Crippen MR) is 138 cm³/mol. The molecule has 1 heterocycles. The molecule has 0 aliphatic carbocycles. The Labute approximate surface area is 204 Å². The highest BCUT2D eigenvalue weighted by Crippen LogP contribution is 2.26. The third-order valence-electron chi connectivity index (χ3n) is 4.77. The van der Waals surface area contributed by atoms with Gasteiger partial charge in [-0.3, -0.25) is 10.8 Å². The number of nitrogens with two attached hydrogens (primary N) is 1. The summed E-state index contributed by atoms with van der Waals surface area (Å²) in [6.45, 7) is 6.40. The minimum atomic E-state index is -0.325. The molecule has 34 heavy (non-hydrogen) atoms. The van der Waals surface area contributed by atoms with Gasteiger partial charge in [-0.2, -0.15) is 0 Å². The van der Waals surface area contributed by atoms with E-state index in [-0.39, 0.29) is 23.3 Å². The van der Waals surface area contributed by atoms with Crippen LogP contribution in [0.15, 0.2) is 59.6 Å². The van der Waals surface area contributed by atoms with Gasteiger partial charge in [-0.1, -0.05) is 38.1 Å². The minimum absolute atomic E-state index is 0.0750. The zero-order chi connectivity index (χ0) is 24.5. The van der Waals surface area contributed by atoms with Crippen molar-refractivity contribution in [2.24, 2.45) is 0 Å². The molecule has 0 spiro atoms. The topological polar surface area (TPSA) is 130 Å². The molecule has 3 rings (SSSR count). The predicted octanol–water partition coefficient (Wildman–Crippen LogP) is 4.33. The molecular weight excluding hydrogens is 448 g/mol. The summed E-state index contributed by atoms with van der Waals surface area (Å²) in [6, 6.07) is 15.4. The van der Waals surface area contributed by atoms with Crippen LogP contribution in [0.4, 0.5) is 5.82 Å². The fourth-order valence-electron chi connectivity index (χ4n) is 3.07. The van der Waals surface area contributed by atoms with Gasteiger partial charge >= 0.3 is 0 Å². The van der Waals surface area contributed by atoms with Gasteiger partial charge in [-0.25, -0.2) is 9.97 Å². The Morgan fingerprint density at radius 2 is 1.76 bits per heavy atom. The lowest BCUT2D eigenvalue weighted by molar-refractivity contribution is 0.199. The average molecular weight is 479 g/mol. The van der Waals surface area contributed by atoms with Crippen molar-refractivity contribution < 1.29 is 9.47 Å². The molecule has 0 saturated carbocycles. The molecule has 0 fully saturated rings. The Kier molecular flexibility index (Phi) is 9.15. The van der Waals surface area contributed by atoms with E-state index in [0.717, 1.165) is 17.7 Å². The van der Waals surface area contributed by atoms with Crippen LogP contribution in [0.2, 0.25) is 0 Å².